The zero-order valence-electron chi connectivity index (χ0n) is 20.9. The fraction of sp³-hybridized carbons (Fsp3) is 0.433. The van der Waals surface area contributed by atoms with Crippen molar-refractivity contribution < 1.29 is 4.74 Å². The average Bonchev–Trinajstić information content (AvgIpc) is 2.87. The third-order valence-corrected chi connectivity index (χ3v) is 6.95. The fourth-order valence-electron chi connectivity index (χ4n) is 4.93. The molecular formula is C30H39N3O. The van der Waals surface area contributed by atoms with E-state index in [2.05, 4.69) is 67.0 Å². The summed E-state index contributed by atoms with van der Waals surface area (Å²) in [6.07, 6.45) is 4.39. The van der Waals surface area contributed by atoms with Crippen molar-refractivity contribution in [3.05, 3.63) is 95.8 Å². The monoisotopic (exact) mass is 457 g/mol. The van der Waals surface area contributed by atoms with Crippen LogP contribution in [0.2, 0.25) is 0 Å². The van der Waals surface area contributed by atoms with Gasteiger partial charge in [0.2, 0.25) is 0 Å². The zero-order chi connectivity index (χ0) is 23.8. The van der Waals surface area contributed by atoms with Gasteiger partial charge < -0.3 is 4.74 Å². The quantitative estimate of drug-likeness (QED) is 0.374. The Morgan fingerprint density at radius 2 is 1.65 bits per heavy atom. The minimum absolute atomic E-state index is 0.180. The summed E-state index contributed by atoms with van der Waals surface area (Å²) in [6.45, 7) is 11.9. The summed E-state index contributed by atoms with van der Waals surface area (Å²) in [5.41, 5.74) is 3.76. The van der Waals surface area contributed by atoms with Gasteiger partial charge in [-0.05, 0) is 82.4 Å². The van der Waals surface area contributed by atoms with Gasteiger partial charge in [-0.15, -0.1) is 0 Å². The van der Waals surface area contributed by atoms with E-state index in [0.717, 1.165) is 44.2 Å². The van der Waals surface area contributed by atoms with Gasteiger partial charge >= 0.3 is 0 Å². The Morgan fingerprint density at radius 1 is 0.941 bits per heavy atom. The molecule has 1 fully saturated rings. The lowest BCUT2D eigenvalue weighted by molar-refractivity contribution is 0.0983. The van der Waals surface area contributed by atoms with Crippen LogP contribution < -0.4 is 4.74 Å². The van der Waals surface area contributed by atoms with Crippen molar-refractivity contribution in [2.24, 2.45) is 5.92 Å². The number of piperidine rings is 1. The molecule has 2 heterocycles. The molecule has 180 valence electrons. The van der Waals surface area contributed by atoms with E-state index < -0.39 is 0 Å². The molecule has 1 aliphatic rings. The largest absolute Gasteiger partial charge is 0.492 e. The second-order valence-electron chi connectivity index (χ2n) is 9.80. The van der Waals surface area contributed by atoms with E-state index in [9.17, 15) is 0 Å². The molecule has 4 nitrogen and oxygen atoms in total. The van der Waals surface area contributed by atoms with Gasteiger partial charge in [0.25, 0.3) is 0 Å². The second-order valence-corrected chi connectivity index (χ2v) is 9.80. The summed E-state index contributed by atoms with van der Waals surface area (Å²) in [7, 11) is 0. The van der Waals surface area contributed by atoms with Crippen LogP contribution in [-0.2, 0) is 0 Å². The molecule has 1 atom stereocenters. The van der Waals surface area contributed by atoms with E-state index in [1.54, 1.807) is 0 Å². The molecule has 1 saturated heterocycles. The Labute approximate surface area is 205 Å². The van der Waals surface area contributed by atoms with Gasteiger partial charge in [-0.3, -0.25) is 14.8 Å². The minimum atomic E-state index is 0.180. The van der Waals surface area contributed by atoms with E-state index >= 15 is 0 Å². The van der Waals surface area contributed by atoms with E-state index in [4.69, 9.17) is 9.72 Å². The van der Waals surface area contributed by atoms with Crippen molar-refractivity contribution in [2.45, 2.75) is 45.7 Å². The molecule has 0 spiro atoms. The molecule has 0 N–H and O–H groups in total. The predicted octanol–water partition coefficient (Wildman–Crippen LogP) is 5.98. The lowest BCUT2D eigenvalue weighted by atomic mass is 9.92. The van der Waals surface area contributed by atoms with Crippen LogP contribution >= 0.6 is 0 Å². The number of pyridine rings is 1. The molecule has 4 heteroatoms. The molecule has 1 aliphatic heterocycles. The number of hydrogen-bond donors (Lipinski definition) is 0. The van der Waals surface area contributed by atoms with Gasteiger partial charge in [-0.2, -0.15) is 0 Å². The van der Waals surface area contributed by atoms with Crippen molar-refractivity contribution in [3.63, 3.8) is 0 Å². The number of rotatable bonds is 10. The summed E-state index contributed by atoms with van der Waals surface area (Å²) in [4.78, 5) is 9.99. The molecule has 4 rings (SSSR count). The predicted molar refractivity (Wildman–Crippen MR) is 140 cm³/mol. The molecule has 1 unspecified atom stereocenters. The highest BCUT2D eigenvalue weighted by Gasteiger charge is 2.29. The molecule has 0 aliphatic carbocycles. The summed E-state index contributed by atoms with van der Waals surface area (Å²) in [5.74, 6) is 1.66. The SMILES string of the molecule is Cc1ccc(C(c2ccccn2)N(CC2CCN(CCOc3ccccc3)CC2)C(C)C)cc1. The maximum absolute atomic E-state index is 5.91. The van der Waals surface area contributed by atoms with Crippen LogP contribution in [0.3, 0.4) is 0 Å². The lowest BCUT2D eigenvalue weighted by Gasteiger charge is -2.40. The van der Waals surface area contributed by atoms with Crippen molar-refractivity contribution in [1.29, 1.82) is 0 Å². The minimum Gasteiger partial charge on any atom is -0.492 e. The summed E-state index contributed by atoms with van der Waals surface area (Å²) in [5, 5.41) is 0. The number of ether oxygens (including phenoxy) is 1. The summed E-state index contributed by atoms with van der Waals surface area (Å²) in [6, 6.07) is 26.0. The number of hydrogen-bond acceptors (Lipinski definition) is 4. The van der Waals surface area contributed by atoms with Crippen LogP contribution in [0.15, 0.2) is 79.0 Å². The zero-order valence-corrected chi connectivity index (χ0v) is 20.9. The van der Waals surface area contributed by atoms with Gasteiger partial charge in [-0.1, -0.05) is 54.1 Å². The highest BCUT2D eigenvalue weighted by atomic mass is 16.5. The number of likely N-dealkylation sites (tertiary alicyclic amines) is 1. The summed E-state index contributed by atoms with van der Waals surface area (Å²) < 4.78 is 5.91. The smallest absolute Gasteiger partial charge is 0.119 e. The maximum atomic E-state index is 5.91. The van der Waals surface area contributed by atoms with Crippen LogP contribution in [-0.4, -0.2) is 53.6 Å². The molecule has 1 aromatic heterocycles. The fourth-order valence-corrected chi connectivity index (χ4v) is 4.93. The number of nitrogens with zero attached hydrogens (tertiary/aromatic N) is 3. The van der Waals surface area contributed by atoms with Crippen LogP contribution in [0.4, 0.5) is 0 Å². The van der Waals surface area contributed by atoms with Gasteiger partial charge in [-0.25, -0.2) is 0 Å². The van der Waals surface area contributed by atoms with Crippen molar-refractivity contribution in [2.75, 3.05) is 32.8 Å². The standard InChI is InChI=1S/C30H39N3O/c1-24(2)33(30(29-11-7-8-18-31-29)27-14-12-25(3)13-15-27)23-26-16-19-32(20-17-26)21-22-34-28-9-5-4-6-10-28/h4-15,18,24,26,30H,16-17,19-23H2,1-3H3. The molecule has 0 amide bonds. The van der Waals surface area contributed by atoms with Gasteiger partial charge in [0, 0.05) is 25.3 Å². The second kappa shape index (κ2) is 12.1. The highest BCUT2D eigenvalue weighted by molar-refractivity contribution is 5.30. The first-order valence-electron chi connectivity index (χ1n) is 12.7. The van der Waals surface area contributed by atoms with E-state index in [0.29, 0.717) is 12.0 Å². The molecule has 3 aromatic rings. The third-order valence-electron chi connectivity index (χ3n) is 6.95. The number of benzene rings is 2. The molecule has 34 heavy (non-hydrogen) atoms. The number of aryl methyl sites for hydroxylation is 1. The van der Waals surface area contributed by atoms with Crippen LogP contribution in [0.1, 0.15) is 49.6 Å². The maximum Gasteiger partial charge on any atom is 0.119 e. The van der Waals surface area contributed by atoms with Crippen molar-refractivity contribution in [1.82, 2.24) is 14.8 Å². The first kappa shape index (κ1) is 24.4. The van der Waals surface area contributed by atoms with E-state index in [-0.39, 0.29) is 6.04 Å². The highest BCUT2D eigenvalue weighted by Crippen LogP contribution is 2.32. The van der Waals surface area contributed by atoms with Crippen LogP contribution in [0.25, 0.3) is 0 Å². The topological polar surface area (TPSA) is 28.6 Å². The molecule has 0 saturated carbocycles. The molecule has 2 aromatic carbocycles. The molecule has 0 radical (unpaired) electrons. The number of para-hydroxylation sites is 1. The number of aromatic nitrogens is 1. The Morgan fingerprint density at radius 3 is 2.29 bits per heavy atom. The lowest BCUT2D eigenvalue weighted by Crippen LogP contribution is -2.43. The average molecular weight is 458 g/mol. The Kier molecular flexibility index (Phi) is 8.73. The van der Waals surface area contributed by atoms with E-state index in [1.807, 2.05) is 42.6 Å². The Bertz CT molecular complexity index is 967. The first-order chi connectivity index (χ1) is 16.6. The van der Waals surface area contributed by atoms with E-state index in [1.165, 1.54) is 24.0 Å². The van der Waals surface area contributed by atoms with Gasteiger partial charge in [0.1, 0.15) is 12.4 Å². The van der Waals surface area contributed by atoms with Crippen molar-refractivity contribution in [3.8, 4) is 5.75 Å². The first-order valence-corrected chi connectivity index (χ1v) is 12.7. The summed E-state index contributed by atoms with van der Waals surface area (Å²) >= 11 is 0. The van der Waals surface area contributed by atoms with Crippen LogP contribution in [0.5, 0.6) is 5.75 Å². The Hall–Kier alpha value is -2.69. The van der Waals surface area contributed by atoms with Gasteiger partial charge in [0.05, 0.1) is 11.7 Å². The van der Waals surface area contributed by atoms with Crippen LogP contribution in [0, 0.1) is 12.8 Å². The Balaban J connectivity index is 1.37. The molecular weight excluding hydrogens is 418 g/mol. The normalized spacial score (nSPS) is 16.1. The van der Waals surface area contributed by atoms with Gasteiger partial charge in [0.15, 0.2) is 0 Å². The van der Waals surface area contributed by atoms with Crippen molar-refractivity contribution >= 4 is 0 Å². The molecule has 0 bridgehead atoms. The third kappa shape index (κ3) is 6.68.